The Bertz CT molecular complexity index is 622. The van der Waals surface area contributed by atoms with Crippen molar-refractivity contribution in [3.05, 3.63) is 42.3 Å². The van der Waals surface area contributed by atoms with E-state index < -0.39 is 17.9 Å². The molecule has 1 aromatic heterocycles. The van der Waals surface area contributed by atoms with Crippen LogP contribution in [0.1, 0.15) is 30.3 Å². The summed E-state index contributed by atoms with van der Waals surface area (Å²) in [6.45, 7) is 1.85. The van der Waals surface area contributed by atoms with Gasteiger partial charge in [-0.05, 0) is 18.6 Å². The van der Waals surface area contributed by atoms with Crippen LogP contribution >= 0.6 is 0 Å². The van der Waals surface area contributed by atoms with Crippen molar-refractivity contribution in [1.29, 1.82) is 0 Å². The van der Waals surface area contributed by atoms with E-state index in [0.717, 1.165) is 5.56 Å². The lowest BCUT2D eigenvalue weighted by molar-refractivity contribution is -0.139. The molecule has 0 bridgehead atoms. The number of hydrogen-bond donors (Lipinski definition) is 2. The zero-order valence-corrected chi connectivity index (χ0v) is 11.6. The number of amides is 1. The number of benzene rings is 1. The molecule has 1 heterocycles. The second-order valence-corrected chi connectivity index (χ2v) is 4.56. The van der Waals surface area contributed by atoms with E-state index in [1.807, 2.05) is 37.3 Å². The van der Waals surface area contributed by atoms with Gasteiger partial charge in [0.15, 0.2) is 5.69 Å². The highest BCUT2D eigenvalue weighted by Crippen LogP contribution is 2.17. The molecule has 1 unspecified atom stereocenters. The third kappa shape index (κ3) is 3.68. The van der Waals surface area contributed by atoms with Crippen LogP contribution < -0.4 is 5.32 Å². The van der Waals surface area contributed by atoms with Crippen molar-refractivity contribution in [2.75, 3.05) is 0 Å². The Morgan fingerprint density at radius 3 is 2.67 bits per heavy atom. The molecule has 0 radical (unpaired) electrons. The minimum Gasteiger partial charge on any atom is -0.480 e. The van der Waals surface area contributed by atoms with Crippen LogP contribution in [-0.2, 0) is 4.79 Å². The van der Waals surface area contributed by atoms with Crippen molar-refractivity contribution in [1.82, 2.24) is 10.3 Å². The lowest BCUT2D eigenvalue weighted by Crippen LogP contribution is -2.40. The van der Waals surface area contributed by atoms with Gasteiger partial charge in [-0.3, -0.25) is 4.79 Å². The SMILES string of the molecule is CCCC(NC(=O)c1coc(-c2ccccc2)n1)C(=O)O. The Morgan fingerprint density at radius 2 is 2.05 bits per heavy atom. The molecular formula is C15H16N2O4. The molecular weight excluding hydrogens is 272 g/mol. The lowest BCUT2D eigenvalue weighted by Gasteiger charge is -2.11. The highest BCUT2D eigenvalue weighted by molar-refractivity contribution is 5.95. The average Bonchev–Trinajstić information content (AvgIpc) is 2.97. The molecule has 2 aromatic rings. The van der Waals surface area contributed by atoms with Crippen LogP contribution in [0.15, 0.2) is 41.0 Å². The summed E-state index contributed by atoms with van der Waals surface area (Å²) >= 11 is 0. The molecule has 0 spiro atoms. The zero-order chi connectivity index (χ0) is 15.2. The number of carbonyl (C=O) groups is 2. The van der Waals surface area contributed by atoms with Gasteiger partial charge in [-0.1, -0.05) is 31.5 Å². The Hall–Kier alpha value is -2.63. The molecule has 0 saturated heterocycles. The third-order valence-electron chi connectivity index (χ3n) is 2.94. The van der Waals surface area contributed by atoms with E-state index >= 15 is 0 Å². The summed E-state index contributed by atoms with van der Waals surface area (Å²) in [5.41, 5.74) is 0.816. The maximum Gasteiger partial charge on any atom is 0.326 e. The topological polar surface area (TPSA) is 92.4 Å². The van der Waals surface area contributed by atoms with Crippen LogP contribution in [0.25, 0.3) is 11.5 Å². The maximum absolute atomic E-state index is 12.0. The highest BCUT2D eigenvalue weighted by Gasteiger charge is 2.21. The number of hydrogen-bond acceptors (Lipinski definition) is 4. The number of aromatic nitrogens is 1. The first-order valence-corrected chi connectivity index (χ1v) is 6.66. The van der Waals surface area contributed by atoms with E-state index in [1.165, 1.54) is 6.26 Å². The normalized spacial score (nSPS) is 11.9. The van der Waals surface area contributed by atoms with Gasteiger partial charge >= 0.3 is 5.97 Å². The molecule has 1 aromatic carbocycles. The fraction of sp³-hybridized carbons (Fsp3) is 0.267. The van der Waals surface area contributed by atoms with Crippen molar-refractivity contribution in [2.24, 2.45) is 0 Å². The smallest absolute Gasteiger partial charge is 0.326 e. The Labute approximate surface area is 121 Å². The molecule has 0 aliphatic carbocycles. The molecule has 110 valence electrons. The molecule has 0 aliphatic rings. The lowest BCUT2D eigenvalue weighted by atomic mass is 10.1. The van der Waals surface area contributed by atoms with E-state index in [1.54, 1.807) is 0 Å². The van der Waals surface area contributed by atoms with Gasteiger partial charge in [-0.2, -0.15) is 0 Å². The summed E-state index contributed by atoms with van der Waals surface area (Å²) in [4.78, 5) is 27.1. The van der Waals surface area contributed by atoms with Crippen LogP contribution in [0, 0.1) is 0 Å². The van der Waals surface area contributed by atoms with Gasteiger partial charge in [0, 0.05) is 5.56 Å². The molecule has 2 rings (SSSR count). The second kappa shape index (κ2) is 6.69. The van der Waals surface area contributed by atoms with Gasteiger partial charge in [0.2, 0.25) is 5.89 Å². The summed E-state index contributed by atoms with van der Waals surface area (Å²) in [6.07, 6.45) is 2.25. The summed E-state index contributed by atoms with van der Waals surface area (Å²) in [5.74, 6) is -1.29. The fourth-order valence-corrected chi connectivity index (χ4v) is 1.87. The Kier molecular flexibility index (Phi) is 4.71. The van der Waals surface area contributed by atoms with Crippen LogP contribution in [0.4, 0.5) is 0 Å². The highest BCUT2D eigenvalue weighted by atomic mass is 16.4. The Balaban J connectivity index is 2.10. The van der Waals surface area contributed by atoms with Crippen molar-refractivity contribution in [3.8, 4) is 11.5 Å². The molecule has 0 saturated carbocycles. The van der Waals surface area contributed by atoms with E-state index in [4.69, 9.17) is 9.52 Å². The predicted octanol–water partition coefficient (Wildman–Crippen LogP) is 2.32. The van der Waals surface area contributed by atoms with Crippen molar-refractivity contribution in [3.63, 3.8) is 0 Å². The first kappa shape index (κ1) is 14.8. The predicted molar refractivity (Wildman–Crippen MR) is 75.7 cm³/mol. The van der Waals surface area contributed by atoms with Crippen LogP contribution in [0.3, 0.4) is 0 Å². The quantitative estimate of drug-likeness (QED) is 0.851. The van der Waals surface area contributed by atoms with Gasteiger partial charge in [0.25, 0.3) is 5.91 Å². The van der Waals surface area contributed by atoms with Crippen LogP contribution in [0.5, 0.6) is 0 Å². The molecule has 21 heavy (non-hydrogen) atoms. The number of carboxylic acid groups (broad SMARTS) is 1. The molecule has 0 aliphatic heterocycles. The second-order valence-electron chi connectivity index (χ2n) is 4.56. The van der Waals surface area contributed by atoms with Gasteiger partial charge in [0.1, 0.15) is 12.3 Å². The van der Waals surface area contributed by atoms with Gasteiger partial charge in [0.05, 0.1) is 0 Å². The van der Waals surface area contributed by atoms with Gasteiger partial charge < -0.3 is 14.8 Å². The number of oxazole rings is 1. The van der Waals surface area contributed by atoms with E-state index in [2.05, 4.69) is 10.3 Å². The van der Waals surface area contributed by atoms with Gasteiger partial charge in [-0.25, -0.2) is 9.78 Å². The minimum atomic E-state index is -1.06. The van der Waals surface area contributed by atoms with Gasteiger partial charge in [-0.15, -0.1) is 0 Å². The molecule has 2 N–H and O–H groups in total. The first-order valence-electron chi connectivity index (χ1n) is 6.66. The van der Waals surface area contributed by atoms with Crippen molar-refractivity contribution >= 4 is 11.9 Å². The molecule has 1 amide bonds. The number of nitrogens with zero attached hydrogens (tertiary/aromatic N) is 1. The molecule has 6 nitrogen and oxygen atoms in total. The minimum absolute atomic E-state index is 0.0659. The molecule has 1 atom stereocenters. The van der Waals surface area contributed by atoms with Crippen molar-refractivity contribution < 1.29 is 19.1 Å². The number of carboxylic acids is 1. The number of nitrogens with one attached hydrogen (secondary N) is 1. The monoisotopic (exact) mass is 288 g/mol. The summed E-state index contributed by atoms with van der Waals surface area (Å²) in [7, 11) is 0. The number of rotatable bonds is 6. The van der Waals surface area contributed by atoms with Crippen LogP contribution in [-0.4, -0.2) is 28.0 Å². The third-order valence-corrected chi connectivity index (χ3v) is 2.94. The number of aliphatic carboxylic acids is 1. The standard InChI is InChI=1S/C15H16N2O4/c1-2-6-11(15(19)20)16-13(18)12-9-21-14(17-12)10-7-4-3-5-8-10/h3-5,7-9,11H,2,6H2,1H3,(H,16,18)(H,19,20). The summed E-state index contributed by atoms with van der Waals surface area (Å²) in [5, 5.41) is 11.5. The summed E-state index contributed by atoms with van der Waals surface area (Å²) < 4.78 is 5.25. The van der Waals surface area contributed by atoms with Crippen molar-refractivity contribution in [2.45, 2.75) is 25.8 Å². The zero-order valence-electron chi connectivity index (χ0n) is 11.6. The molecule has 6 heteroatoms. The van der Waals surface area contributed by atoms with Crippen LogP contribution in [0.2, 0.25) is 0 Å². The number of carbonyl (C=O) groups excluding carboxylic acids is 1. The van der Waals surface area contributed by atoms with E-state index in [0.29, 0.717) is 18.7 Å². The maximum atomic E-state index is 12.0. The molecule has 0 fully saturated rings. The Morgan fingerprint density at radius 1 is 1.33 bits per heavy atom. The largest absolute Gasteiger partial charge is 0.480 e. The van der Waals surface area contributed by atoms with E-state index in [-0.39, 0.29) is 5.69 Å². The van der Waals surface area contributed by atoms with E-state index in [9.17, 15) is 9.59 Å². The summed E-state index contributed by atoms with van der Waals surface area (Å²) in [6, 6.07) is 8.24. The average molecular weight is 288 g/mol. The fourth-order valence-electron chi connectivity index (χ4n) is 1.87. The first-order chi connectivity index (χ1) is 10.1.